The average Bonchev–Trinajstić information content (AvgIpc) is 2.31. The van der Waals surface area contributed by atoms with Crippen molar-refractivity contribution in [3.8, 4) is 0 Å². The number of hydrogen-bond donors (Lipinski definition) is 0. The van der Waals surface area contributed by atoms with Crippen molar-refractivity contribution in [3.63, 3.8) is 0 Å². The molecule has 4 heteroatoms. The summed E-state index contributed by atoms with van der Waals surface area (Å²) in [5, 5.41) is 12.1. The fourth-order valence-electron chi connectivity index (χ4n) is 1.05. The van der Waals surface area contributed by atoms with Gasteiger partial charge in [-0.3, -0.25) is 0 Å². The van der Waals surface area contributed by atoms with E-state index in [2.05, 4.69) is 50.0 Å². The van der Waals surface area contributed by atoms with E-state index < -0.39 is 0 Å². The van der Waals surface area contributed by atoms with E-state index in [4.69, 9.17) is 0 Å². The molecule has 1 aromatic rings. The number of rotatable bonds is 2. The van der Waals surface area contributed by atoms with E-state index in [1.165, 1.54) is 4.80 Å². The fourth-order valence-corrected chi connectivity index (χ4v) is 1.05. The van der Waals surface area contributed by atoms with Gasteiger partial charge in [0, 0.05) is 6.42 Å². The Kier molecular flexibility index (Phi) is 2.65. The number of hydrogen-bond acceptors (Lipinski definition) is 3. The Balaban J connectivity index is 2.78. The summed E-state index contributed by atoms with van der Waals surface area (Å²) < 4.78 is 0. The minimum Gasteiger partial charge on any atom is -0.167 e. The van der Waals surface area contributed by atoms with Gasteiger partial charge >= 0.3 is 0 Å². The van der Waals surface area contributed by atoms with Crippen molar-refractivity contribution < 1.29 is 0 Å². The van der Waals surface area contributed by atoms with Crippen molar-refractivity contribution in [2.75, 3.05) is 0 Å². The standard InChI is InChI=1S/C10H20N4/c1-9(2,3)10(4,5)7-8-11-13-14(6)12-8/h7H2,1-6H3. The number of nitrogens with zero attached hydrogens (tertiary/aromatic N) is 4. The molecule has 1 heterocycles. The molecular weight excluding hydrogens is 176 g/mol. The Morgan fingerprint density at radius 1 is 1.14 bits per heavy atom. The van der Waals surface area contributed by atoms with Crippen molar-refractivity contribution in [2.24, 2.45) is 17.9 Å². The smallest absolute Gasteiger partial charge is 0.167 e. The summed E-state index contributed by atoms with van der Waals surface area (Å²) in [6, 6.07) is 0. The molecule has 0 aliphatic heterocycles. The molecule has 0 amide bonds. The van der Waals surface area contributed by atoms with Gasteiger partial charge in [0.25, 0.3) is 0 Å². The van der Waals surface area contributed by atoms with Gasteiger partial charge in [0.1, 0.15) is 0 Å². The zero-order chi connectivity index (χ0) is 11.0. The first-order valence-electron chi connectivity index (χ1n) is 4.95. The van der Waals surface area contributed by atoms with Gasteiger partial charge in [0.05, 0.1) is 7.05 Å². The van der Waals surface area contributed by atoms with Crippen LogP contribution in [0.3, 0.4) is 0 Å². The topological polar surface area (TPSA) is 43.6 Å². The molecule has 4 nitrogen and oxygen atoms in total. The van der Waals surface area contributed by atoms with Crippen LogP contribution in [0.1, 0.15) is 40.4 Å². The van der Waals surface area contributed by atoms with Crippen LogP contribution in [0.25, 0.3) is 0 Å². The summed E-state index contributed by atoms with van der Waals surface area (Å²) in [5.74, 6) is 0.826. The van der Waals surface area contributed by atoms with Gasteiger partial charge in [-0.25, -0.2) is 0 Å². The van der Waals surface area contributed by atoms with Gasteiger partial charge in [-0.15, -0.1) is 10.2 Å². The van der Waals surface area contributed by atoms with E-state index >= 15 is 0 Å². The normalized spacial score (nSPS) is 13.3. The molecule has 0 unspecified atom stereocenters. The maximum Gasteiger partial charge on any atom is 0.175 e. The molecule has 80 valence electrons. The Hall–Kier alpha value is -0.930. The van der Waals surface area contributed by atoms with Crippen LogP contribution < -0.4 is 0 Å². The largest absolute Gasteiger partial charge is 0.175 e. The summed E-state index contributed by atoms with van der Waals surface area (Å²) >= 11 is 0. The Morgan fingerprint density at radius 3 is 2.07 bits per heavy atom. The molecule has 0 aliphatic rings. The fraction of sp³-hybridized carbons (Fsp3) is 0.900. The van der Waals surface area contributed by atoms with E-state index in [0.717, 1.165) is 12.2 Å². The Labute approximate surface area is 85.7 Å². The second-order valence-electron chi connectivity index (χ2n) is 5.51. The van der Waals surface area contributed by atoms with Gasteiger partial charge in [0.15, 0.2) is 5.82 Å². The first-order valence-corrected chi connectivity index (χ1v) is 4.95. The quantitative estimate of drug-likeness (QED) is 0.724. The van der Waals surface area contributed by atoms with Crippen molar-refractivity contribution in [3.05, 3.63) is 5.82 Å². The van der Waals surface area contributed by atoms with Crippen LogP contribution in [0.4, 0.5) is 0 Å². The lowest BCUT2D eigenvalue weighted by atomic mass is 9.67. The van der Waals surface area contributed by atoms with E-state index in [1.807, 2.05) is 0 Å². The van der Waals surface area contributed by atoms with Crippen LogP contribution in [0.15, 0.2) is 0 Å². The highest BCUT2D eigenvalue weighted by Gasteiger charge is 2.34. The molecule has 0 spiro atoms. The first-order chi connectivity index (χ1) is 6.22. The molecule has 0 atom stereocenters. The SMILES string of the molecule is Cn1nnc(CC(C)(C)C(C)(C)C)n1. The van der Waals surface area contributed by atoms with Gasteiger partial charge in [0.2, 0.25) is 0 Å². The molecule has 0 radical (unpaired) electrons. The summed E-state index contributed by atoms with van der Waals surface area (Å²) in [6.07, 6.45) is 0.865. The highest BCUT2D eigenvalue weighted by atomic mass is 15.6. The monoisotopic (exact) mass is 196 g/mol. The number of aromatic nitrogens is 4. The van der Waals surface area contributed by atoms with Crippen molar-refractivity contribution in [1.29, 1.82) is 0 Å². The van der Waals surface area contributed by atoms with Gasteiger partial charge in [-0.05, 0) is 16.0 Å². The highest BCUT2D eigenvalue weighted by molar-refractivity contribution is 4.92. The van der Waals surface area contributed by atoms with Crippen molar-refractivity contribution in [2.45, 2.75) is 41.0 Å². The van der Waals surface area contributed by atoms with E-state index in [0.29, 0.717) is 0 Å². The maximum absolute atomic E-state index is 4.20. The molecule has 0 saturated heterocycles. The molecule has 0 saturated carbocycles. The number of aryl methyl sites for hydroxylation is 1. The minimum atomic E-state index is 0.177. The maximum atomic E-state index is 4.20. The average molecular weight is 196 g/mol. The lowest BCUT2D eigenvalue weighted by Crippen LogP contribution is -2.32. The van der Waals surface area contributed by atoms with Gasteiger partial charge in [-0.1, -0.05) is 34.6 Å². The van der Waals surface area contributed by atoms with Crippen molar-refractivity contribution >= 4 is 0 Å². The second kappa shape index (κ2) is 3.33. The first kappa shape index (κ1) is 11.1. The molecule has 0 aromatic carbocycles. The molecule has 0 aliphatic carbocycles. The molecule has 1 rings (SSSR count). The van der Waals surface area contributed by atoms with Crippen LogP contribution in [0.2, 0.25) is 0 Å². The summed E-state index contributed by atoms with van der Waals surface area (Å²) in [7, 11) is 1.79. The Morgan fingerprint density at radius 2 is 1.71 bits per heavy atom. The molecular formula is C10H20N4. The highest BCUT2D eigenvalue weighted by Crippen LogP contribution is 2.39. The summed E-state index contributed by atoms with van der Waals surface area (Å²) in [4.78, 5) is 1.51. The minimum absolute atomic E-state index is 0.177. The van der Waals surface area contributed by atoms with E-state index in [9.17, 15) is 0 Å². The molecule has 1 aromatic heterocycles. The van der Waals surface area contributed by atoms with Crippen LogP contribution in [-0.4, -0.2) is 20.2 Å². The van der Waals surface area contributed by atoms with Gasteiger partial charge < -0.3 is 0 Å². The molecule has 0 bridgehead atoms. The predicted molar refractivity (Wildman–Crippen MR) is 55.7 cm³/mol. The summed E-state index contributed by atoms with van der Waals surface area (Å²) in [5.41, 5.74) is 0.419. The molecule has 14 heavy (non-hydrogen) atoms. The van der Waals surface area contributed by atoms with Crippen LogP contribution in [0.5, 0.6) is 0 Å². The Bertz CT molecular complexity index is 306. The zero-order valence-corrected chi connectivity index (χ0v) is 10.00. The summed E-state index contributed by atoms with van der Waals surface area (Å²) in [6.45, 7) is 11.2. The van der Waals surface area contributed by atoms with Crippen LogP contribution >= 0.6 is 0 Å². The van der Waals surface area contributed by atoms with Crippen LogP contribution in [-0.2, 0) is 13.5 Å². The van der Waals surface area contributed by atoms with E-state index in [-0.39, 0.29) is 10.8 Å². The van der Waals surface area contributed by atoms with Crippen molar-refractivity contribution in [1.82, 2.24) is 20.2 Å². The third kappa shape index (κ3) is 2.30. The molecule has 0 fully saturated rings. The molecule has 0 N–H and O–H groups in total. The van der Waals surface area contributed by atoms with Gasteiger partial charge in [-0.2, -0.15) is 4.80 Å². The number of tetrazole rings is 1. The third-order valence-corrected chi connectivity index (χ3v) is 3.18. The lowest BCUT2D eigenvalue weighted by Gasteiger charge is -2.38. The van der Waals surface area contributed by atoms with Crippen LogP contribution in [0, 0.1) is 10.8 Å². The lowest BCUT2D eigenvalue weighted by molar-refractivity contribution is 0.129. The predicted octanol–water partition coefficient (Wildman–Crippen LogP) is 1.82. The zero-order valence-electron chi connectivity index (χ0n) is 10.00. The second-order valence-corrected chi connectivity index (χ2v) is 5.51. The van der Waals surface area contributed by atoms with E-state index in [1.54, 1.807) is 7.05 Å². The third-order valence-electron chi connectivity index (χ3n) is 3.18.